The molecule has 3 nitrogen and oxygen atoms in total. The number of hydrogen-bond donors (Lipinski definition) is 1. The Morgan fingerprint density at radius 2 is 2.12 bits per heavy atom. The van der Waals surface area contributed by atoms with Crippen LogP contribution >= 0.6 is 15.9 Å². The quantitative estimate of drug-likeness (QED) is 0.787. The minimum atomic E-state index is -0.314. The zero-order valence-corrected chi connectivity index (χ0v) is 11.9. The molecular formula is C13H19BrO3. The average molecular weight is 303 g/mol. The standard InChI is InChI=1S/C13H19BrO3/c1-16-7-3-4-11(15)8-10-5-6-13(17-2)12(14)9-10/h5-6,9,11,15H,3-4,7-8H2,1-2H3. The SMILES string of the molecule is COCCCC(O)Cc1ccc(OC)c(Br)c1. The Balaban J connectivity index is 2.48. The van der Waals surface area contributed by atoms with Crippen LogP contribution in [0.15, 0.2) is 22.7 Å². The highest BCUT2D eigenvalue weighted by molar-refractivity contribution is 9.10. The second kappa shape index (κ2) is 7.69. The normalized spacial score (nSPS) is 12.5. The third-order valence-electron chi connectivity index (χ3n) is 2.57. The van der Waals surface area contributed by atoms with Crippen molar-refractivity contribution in [1.82, 2.24) is 0 Å². The van der Waals surface area contributed by atoms with Crippen molar-refractivity contribution < 1.29 is 14.6 Å². The van der Waals surface area contributed by atoms with E-state index in [9.17, 15) is 5.11 Å². The van der Waals surface area contributed by atoms with Crippen molar-refractivity contribution in [1.29, 1.82) is 0 Å². The van der Waals surface area contributed by atoms with E-state index in [4.69, 9.17) is 9.47 Å². The van der Waals surface area contributed by atoms with Gasteiger partial charge in [-0.1, -0.05) is 6.07 Å². The molecule has 0 bridgehead atoms. The van der Waals surface area contributed by atoms with Crippen molar-refractivity contribution in [2.24, 2.45) is 0 Å². The topological polar surface area (TPSA) is 38.7 Å². The summed E-state index contributed by atoms with van der Waals surface area (Å²) in [6.45, 7) is 0.698. The van der Waals surface area contributed by atoms with Gasteiger partial charge in [0.25, 0.3) is 0 Å². The van der Waals surface area contributed by atoms with Gasteiger partial charge in [0.2, 0.25) is 0 Å². The zero-order valence-electron chi connectivity index (χ0n) is 10.3. The van der Waals surface area contributed by atoms with E-state index < -0.39 is 0 Å². The molecule has 0 aliphatic heterocycles. The van der Waals surface area contributed by atoms with Crippen LogP contribution in [-0.2, 0) is 11.2 Å². The molecule has 0 aromatic heterocycles. The molecule has 1 N–H and O–H groups in total. The highest BCUT2D eigenvalue weighted by Gasteiger charge is 2.07. The summed E-state index contributed by atoms with van der Waals surface area (Å²) in [6.07, 6.45) is 1.99. The van der Waals surface area contributed by atoms with Gasteiger partial charge in [0.1, 0.15) is 5.75 Å². The molecule has 17 heavy (non-hydrogen) atoms. The van der Waals surface area contributed by atoms with Crippen molar-refractivity contribution >= 4 is 15.9 Å². The number of ether oxygens (including phenoxy) is 2. The summed E-state index contributed by atoms with van der Waals surface area (Å²) in [4.78, 5) is 0. The van der Waals surface area contributed by atoms with Crippen LogP contribution in [0.3, 0.4) is 0 Å². The fraction of sp³-hybridized carbons (Fsp3) is 0.538. The van der Waals surface area contributed by atoms with E-state index in [1.165, 1.54) is 0 Å². The fourth-order valence-electron chi connectivity index (χ4n) is 1.67. The van der Waals surface area contributed by atoms with Crippen LogP contribution in [0.5, 0.6) is 5.75 Å². The predicted molar refractivity (Wildman–Crippen MR) is 71.5 cm³/mol. The van der Waals surface area contributed by atoms with Gasteiger partial charge in [0, 0.05) is 13.7 Å². The van der Waals surface area contributed by atoms with Crippen LogP contribution in [0.2, 0.25) is 0 Å². The fourth-order valence-corrected chi connectivity index (χ4v) is 2.26. The molecule has 0 fully saturated rings. The molecule has 1 atom stereocenters. The van der Waals surface area contributed by atoms with Gasteiger partial charge < -0.3 is 14.6 Å². The lowest BCUT2D eigenvalue weighted by Crippen LogP contribution is -2.11. The van der Waals surface area contributed by atoms with Gasteiger partial charge in [-0.25, -0.2) is 0 Å². The lowest BCUT2D eigenvalue weighted by atomic mass is 10.0. The molecule has 0 radical (unpaired) electrons. The first-order valence-electron chi connectivity index (χ1n) is 5.66. The summed E-state index contributed by atoms with van der Waals surface area (Å²) in [7, 11) is 3.31. The molecular weight excluding hydrogens is 284 g/mol. The van der Waals surface area contributed by atoms with Gasteiger partial charge in [0.15, 0.2) is 0 Å². The number of rotatable bonds is 7. The molecule has 4 heteroatoms. The molecule has 1 unspecified atom stereocenters. The molecule has 1 rings (SSSR count). The van der Waals surface area contributed by atoms with Gasteiger partial charge in [0.05, 0.1) is 17.7 Å². The number of hydrogen-bond acceptors (Lipinski definition) is 3. The number of benzene rings is 1. The van der Waals surface area contributed by atoms with E-state index in [2.05, 4.69) is 15.9 Å². The van der Waals surface area contributed by atoms with Crippen LogP contribution in [0, 0.1) is 0 Å². The minimum absolute atomic E-state index is 0.314. The Morgan fingerprint density at radius 3 is 2.71 bits per heavy atom. The predicted octanol–water partition coefficient (Wildman–Crippen LogP) is 2.79. The first-order valence-corrected chi connectivity index (χ1v) is 6.46. The number of aliphatic hydroxyl groups is 1. The van der Waals surface area contributed by atoms with Crippen LogP contribution in [0.4, 0.5) is 0 Å². The number of methoxy groups -OCH3 is 2. The lowest BCUT2D eigenvalue weighted by molar-refractivity contribution is 0.135. The third kappa shape index (κ3) is 5.06. The van der Waals surface area contributed by atoms with Crippen molar-refractivity contribution in [3.05, 3.63) is 28.2 Å². The largest absolute Gasteiger partial charge is 0.496 e. The maximum Gasteiger partial charge on any atom is 0.133 e. The molecule has 96 valence electrons. The highest BCUT2D eigenvalue weighted by atomic mass is 79.9. The minimum Gasteiger partial charge on any atom is -0.496 e. The summed E-state index contributed by atoms with van der Waals surface area (Å²) in [5.74, 6) is 0.808. The molecule has 0 heterocycles. The van der Waals surface area contributed by atoms with Crippen LogP contribution in [0.25, 0.3) is 0 Å². The first kappa shape index (κ1) is 14.5. The Labute approximate surface area is 111 Å². The zero-order chi connectivity index (χ0) is 12.7. The molecule has 0 aliphatic rings. The second-order valence-electron chi connectivity index (χ2n) is 3.96. The average Bonchev–Trinajstić information content (AvgIpc) is 2.29. The monoisotopic (exact) mass is 302 g/mol. The Kier molecular flexibility index (Phi) is 6.55. The smallest absolute Gasteiger partial charge is 0.133 e. The maximum absolute atomic E-state index is 9.84. The van der Waals surface area contributed by atoms with Gasteiger partial charge >= 0.3 is 0 Å². The molecule has 1 aromatic carbocycles. The molecule has 0 spiro atoms. The van der Waals surface area contributed by atoms with Crippen molar-refractivity contribution in [2.45, 2.75) is 25.4 Å². The van der Waals surface area contributed by atoms with E-state index in [1.54, 1.807) is 14.2 Å². The van der Waals surface area contributed by atoms with Gasteiger partial charge in [-0.2, -0.15) is 0 Å². The molecule has 1 aromatic rings. The van der Waals surface area contributed by atoms with Crippen LogP contribution in [0.1, 0.15) is 18.4 Å². The third-order valence-corrected chi connectivity index (χ3v) is 3.19. The molecule has 0 saturated heterocycles. The maximum atomic E-state index is 9.84. The highest BCUT2D eigenvalue weighted by Crippen LogP contribution is 2.26. The Morgan fingerprint density at radius 1 is 1.35 bits per heavy atom. The number of aliphatic hydroxyl groups excluding tert-OH is 1. The first-order chi connectivity index (χ1) is 8.17. The van der Waals surface area contributed by atoms with Crippen molar-refractivity contribution in [2.75, 3.05) is 20.8 Å². The lowest BCUT2D eigenvalue weighted by Gasteiger charge is -2.11. The van der Waals surface area contributed by atoms with E-state index in [0.29, 0.717) is 13.0 Å². The Hall–Kier alpha value is -0.580. The summed E-state index contributed by atoms with van der Waals surface area (Å²) in [6, 6.07) is 5.86. The molecule has 0 amide bonds. The Bertz CT molecular complexity index is 341. The van der Waals surface area contributed by atoms with E-state index in [1.807, 2.05) is 18.2 Å². The van der Waals surface area contributed by atoms with Crippen molar-refractivity contribution in [3.63, 3.8) is 0 Å². The summed E-state index contributed by atoms with van der Waals surface area (Å²) in [5, 5.41) is 9.84. The molecule has 0 aliphatic carbocycles. The van der Waals surface area contributed by atoms with Crippen LogP contribution in [-0.4, -0.2) is 32.0 Å². The van der Waals surface area contributed by atoms with E-state index in [-0.39, 0.29) is 6.10 Å². The van der Waals surface area contributed by atoms with Gasteiger partial charge in [-0.05, 0) is 52.9 Å². The van der Waals surface area contributed by atoms with Crippen LogP contribution < -0.4 is 4.74 Å². The van der Waals surface area contributed by atoms with E-state index in [0.717, 1.165) is 28.6 Å². The second-order valence-corrected chi connectivity index (χ2v) is 4.82. The number of halogens is 1. The van der Waals surface area contributed by atoms with Gasteiger partial charge in [-0.3, -0.25) is 0 Å². The van der Waals surface area contributed by atoms with E-state index >= 15 is 0 Å². The van der Waals surface area contributed by atoms with Crippen molar-refractivity contribution in [3.8, 4) is 5.75 Å². The van der Waals surface area contributed by atoms with Gasteiger partial charge in [-0.15, -0.1) is 0 Å². The summed E-state index contributed by atoms with van der Waals surface area (Å²) >= 11 is 3.43. The summed E-state index contributed by atoms with van der Waals surface area (Å²) in [5.41, 5.74) is 1.10. The summed E-state index contributed by atoms with van der Waals surface area (Å²) < 4.78 is 11.0. The molecule has 0 saturated carbocycles.